The zero-order valence-corrected chi connectivity index (χ0v) is 11.9. The quantitative estimate of drug-likeness (QED) is 0.899. The first-order valence-corrected chi connectivity index (χ1v) is 6.53. The normalized spacial score (nSPS) is 12.0. The van der Waals surface area contributed by atoms with Crippen LogP contribution in [0.2, 0.25) is 0 Å². The van der Waals surface area contributed by atoms with Crippen LogP contribution in [0.1, 0.15) is 16.1 Å². The van der Waals surface area contributed by atoms with Crippen molar-refractivity contribution in [2.75, 3.05) is 13.9 Å². The van der Waals surface area contributed by atoms with Crippen LogP contribution in [-0.4, -0.2) is 24.8 Å². The first-order valence-electron chi connectivity index (χ1n) is 6.53. The van der Waals surface area contributed by atoms with Gasteiger partial charge in [0.1, 0.15) is 6.61 Å². The molecule has 7 heteroatoms. The minimum Gasteiger partial charge on any atom is -0.493 e. The monoisotopic (exact) mass is 302 g/mol. The van der Waals surface area contributed by atoms with Crippen LogP contribution in [-0.2, 0) is 6.61 Å². The van der Waals surface area contributed by atoms with Gasteiger partial charge >= 0.3 is 0 Å². The van der Waals surface area contributed by atoms with E-state index >= 15 is 0 Å². The zero-order valence-electron chi connectivity index (χ0n) is 11.9. The van der Waals surface area contributed by atoms with E-state index in [1.165, 1.54) is 13.3 Å². The smallest absolute Gasteiger partial charge is 0.271 e. The fourth-order valence-corrected chi connectivity index (χ4v) is 2.09. The zero-order chi connectivity index (χ0) is 15.5. The van der Waals surface area contributed by atoms with Gasteiger partial charge in [0.25, 0.3) is 5.91 Å². The second-order valence-corrected chi connectivity index (χ2v) is 4.53. The molecule has 22 heavy (non-hydrogen) atoms. The summed E-state index contributed by atoms with van der Waals surface area (Å²) in [6.07, 6.45) is 1.44. The average Bonchev–Trinajstić information content (AvgIpc) is 2.99. The molecule has 1 aromatic heterocycles. The summed E-state index contributed by atoms with van der Waals surface area (Å²) < 4.78 is 21.4. The Hall–Kier alpha value is -2.96. The topological polar surface area (TPSA) is 92.9 Å². The van der Waals surface area contributed by atoms with Gasteiger partial charge in [-0.25, -0.2) is 4.98 Å². The highest BCUT2D eigenvalue weighted by Crippen LogP contribution is 2.34. The molecule has 0 aliphatic carbocycles. The molecular formula is C15H14N2O5. The van der Waals surface area contributed by atoms with Gasteiger partial charge in [0.05, 0.1) is 7.11 Å². The van der Waals surface area contributed by atoms with Crippen molar-refractivity contribution in [2.24, 2.45) is 5.73 Å². The van der Waals surface area contributed by atoms with Gasteiger partial charge in [0.2, 0.25) is 6.79 Å². The van der Waals surface area contributed by atoms with Crippen molar-refractivity contribution in [3.63, 3.8) is 0 Å². The van der Waals surface area contributed by atoms with Gasteiger partial charge < -0.3 is 24.7 Å². The molecule has 2 heterocycles. The van der Waals surface area contributed by atoms with Gasteiger partial charge in [-0.1, -0.05) is 6.07 Å². The molecule has 0 fully saturated rings. The minimum atomic E-state index is -0.681. The SMILES string of the molecule is COc1ccnc(C(N)=O)c1OCc1ccc2c(c1)OCO2. The lowest BCUT2D eigenvalue weighted by Gasteiger charge is -2.13. The fourth-order valence-electron chi connectivity index (χ4n) is 2.09. The number of carbonyl (C=O) groups excluding carboxylic acids is 1. The predicted molar refractivity (Wildman–Crippen MR) is 76.2 cm³/mol. The molecular weight excluding hydrogens is 288 g/mol. The Morgan fingerprint density at radius 2 is 2.14 bits per heavy atom. The molecule has 0 unspecified atom stereocenters. The molecule has 2 N–H and O–H groups in total. The first-order chi connectivity index (χ1) is 10.7. The van der Waals surface area contributed by atoms with Crippen molar-refractivity contribution in [3.8, 4) is 23.0 Å². The minimum absolute atomic E-state index is 0.0279. The third kappa shape index (κ3) is 2.60. The molecule has 2 aromatic rings. The Balaban J connectivity index is 1.83. The molecule has 1 aliphatic rings. The van der Waals surface area contributed by atoms with Gasteiger partial charge in [-0.3, -0.25) is 4.79 Å². The first kappa shape index (κ1) is 14.0. The molecule has 1 amide bonds. The number of amides is 1. The van der Waals surface area contributed by atoms with E-state index in [1.807, 2.05) is 12.1 Å². The summed E-state index contributed by atoms with van der Waals surface area (Å²) in [5.74, 6) is 1.29. The van der Waals surface area contributed by atoms with Crippen LogP contribution in [0.25, 0.3) is 0 Å². The Morgan fingerprint density at radius 3 is 2.91 bits per heavy atom. The van der Waals surface area contributed by atoms with E-state index in [0.29, 0.717) is 17.2 Å². The number of nitrogens with two attached hydrogens (primary N) is 1. The number of methoxy groups -OCH3 is 1. The van der Waals surface area contributed by atoms with Crippen molar-refractivity contribution >= 4 is 5.91 Å². The number of primary amides is 1. The summed E-state index contributed by atoms with van der Waals surface area (Å²) in [7, 11) is 1.48. The van der Waals surface area contributed by atoms with Crippen molar-refractivity contribution < 1.29 is 23.7 Å². The molecule has 0 saturated heterocycles. The molecule has 0 radical (unpaired) electrons. The molecule has 1 aliphatic heterocycles. The summed E-state index contributed by atoms with van der Waals surface area (Å²) >= 11 is 0. The van der Waals surface area contributed by atoms with Crippen molar-refractivity contribution in [1.29, 1.82) is 0 Å². The molecule has 114 valence electrons. The molecule has 0 bridgehead atoms. The molecule has 0 spiro atoms. The number of hydrogen-bond acceptors (Lipinski definition) is 6. The van der Waals surface area contributed by atoms with Gasteiger partial charge in [0.15, 0.2) is 28.7 Å². The maximum Gasteiger partial charge on any atom is 0.271 e. The lowest BCUT2D eigenvalue weighted by Crippen LogP contribution is -2.15. The Bertz CT molecular complexity index is 717. The molecule has 0 atom stereocenters. The van der Waals surface area contributed by atoms with Crippen LogP contribution in [0.5, 0.6) is 23.0 Å². The van der Waals surface area contributed by atoms with E-state index in [4.69, 9.17) is 24.7 Å². The number of hydrogen-bond donors (Lipinski definition) is 1. The van der Waals surface area contributed by atoms with E-state index in [2.05, 4.69) is 4.98 Å². The Kier molecular flexibility index (Phi) is 3.69. The van der Waals surface area contributed by atoms with Crippen LogP contribution in [0, 0.1) is 0 Å². The third-order valence-corrected chi connectivity index (χ3v) is 3.14. The number of benzene rings is 1. The van der Waals surface area contributed by atoms with Crippen molar-refractivity contribution in [3.05, 3.63) is 41.7 Å². The standard InChI is InChI=1S/C15H14N2O5/c1-19-11-4-5-17-13(15(16)18)14(11)20-7-9-2-3-10-12(6-9)22-8-21-10/h2-6H,7-8H2,1H3,(H2,16,18). The van der Waals surface area contributed by atoms with Crippen LogP contribution < -0.4 is 24.7 Å². The second kappa shape index (κ2) is 5.80. The second-order valence-electron chi connectivity index (χ2n) is 4.53. The summed E-state index contributed by atoms with van der Waals surface area (Å²) in [6, 6.07) is 7.06. The van der Waals surface area contributed by atoms with Gasteiger partial charge in [0, 0.05) is 12.3 Å². The lowest BCUT2D eigenvalue weighted by molar-refractivity contribution is 0.0989. The Labute approximate surface area is 126 Å². The number of nitrogens with zero attached hydrogens (tertiary/aromatic N) is 1. The summed E-state index contributed by atoms with van der Waals surface area (Å²) in [5, 5.41) is 0. The number of pyridine rings is 1. The molecule has 3 rings (SSSR count). The van der Waals surface area contributed by atoms with Crippen LogP contribution in [0.15, 0.2) is 30.5 Å². The number of ether oxygens (including phenoxy) is 4. The van der Waals surface area contributed by atoms with E-state index in [-0.39, 0.29) is 24.8 Å². The highest BCUT2D eigenvalue weighted by molar-refractivity contribution is 5.94. The molecule has 1 aromatic carbocycles. The maximum absolute atomic E-state index is 11.4. The number of aromatic nitrogens is 1. The maximum atomic E-state index is 11.4. The highest BCUT2D eigenvalue weighted by atomic mass is 16.7. The van der Waals surface area contributed by atoms with E-state index in [1.54, 1.807) is 12.1 Å². The third-order valence-electron chi connectivity index (χ3n) is 3.14. The lowest BCUT2D eigenvalue weighted by atomic mass is 10.2. The van der Waals surface area contributed by atoms with Gasteiger partial charge in [-0.2, -0.15) is 0 Å². The van der Waals surface area contributed by atoms with Crippen LogP contribution >= 0.6 is 0 Å². The van der Waals surface area contributed by atoms with Gasteiger partial charge in [-0.15, -0.1) is 0 Å². The largest absolute Gasteiger partial charge is 0.493 e. The van der Waals surface area contributed by atoms with Crippen molar-refractivity contribution in [2.45, 2.75) is 6.61 Å². The molecule has 0 saturated carbocycles. The van der Waals surface area contributed by atoms with Crippen LogP contribution in [0.3, 0.4) is 0 Å². The Morgan fingerprint density at radius 1 is 1.32 bits per heavy atom. The predicted octanol–water partition coefficient (Wildman–Crippen LogP) is 1.50. The van der Waals surface area contributed by atoms with E-state index in [0.717, 1.165) is 5.56 Å². The highest BCUT2D eigenvalue weighted by Gasteiger charge is 2.18. The summed E-state index contributed by atoms with van der Waals surface area (Å²) in [4.78, 5) is 15.4. The van der Waals surface area contributed by atoms with E-state index < -0.39 is 5.91 Å². The summed E-state index contributed by atoms with van der Waals surface area (Å²) in [6.45, 7) is 0.418. The summed E-state index contributed by atoms with van der Waals surface area (Å²) in [5.41, 5.74) is 6.19. The number of rotatable bonds is 5. The molecule has 7 nitrogen and oxygen atoms in total. The average molecular weight is 302 g/mol. The number of fused-ring (bicyclic) bond motifs is 1. The van der Waals surface area contributed by atoms with Crippen LogP contribution in [0.4, 0.5) is 0 Å². The van der Waals surface area contributed by atoms with Crippen molar-refractivity contribution in [1.82, 2.24) is 4.98 Å². The fraction of sp³-hybridized carbons (Fsp3) is 0.200. The van der Waals surface area contributed by atoms with Gasteiger partial charge in [-0.05, 0) is 17.7 Å². The van der Waals surface area contributed by atoms with E-state index in [9.17, 15) is 4.79 Å². The number of carbonyl (C=O) groups is 1.